The smallest absolute Gasteiger partial charge is 0.192 e. The van der Waals surface area contributed by atoms with E-state index in [9.17, 15) is 0 Å². The van der Waals surface area contributed by atoms with Crippen LogP contribution in [-0.4, -0.2) is 6.61 Å². The average Bonchev–Trinajstić information content (AvgIpc) is 2.14. The van der Waals surface area contributed by atoms with Gasteiger partial charge in [-0.2, -0.15) is 0 Å². The second kappa shape index (κ2) is 10.7. The van der Waals surface area contributed by atoms with Crippen LogP contribution in [0.25, 0.3) is 0 Å². The van der Waals surface area contributed by atoms with E-state index < -0.39 is 3.67 Å². The molecule has 0 unspecified atom stereocenters. The van der Waals surface area contributed by atoms with E-state index in [1.165, 1.54) is 44.9 Å². The summed E-state index contributed by atoms with van der Waals surface area (Å²) in [6.07, 6.45) is 10.6. The van der Waals surface area contributed by atoms with E-state index >= 15 is 0 Å². The first-order chi connectivity index (χ1) is 7.06. The van der Waals surface area contributed by atoms with Crippen LogP contribution in [0.3, 0.4) is 0 Å². The highest BCUT2D eigenvalue weighted by molar-refractivity contribution is 9.73. The maximum absolute atomic E-state index is 5.43. The Hall–Kier alpha value is 1.57. The van der Waals surface area contributed by atoms with Gasteiger partial charge in [-0.15, -0.1) is 0 Å². The molecule has 0 aromatic carbocycles. The lowest BCUT2D eigenvalue weighted by Crippen LogP contribution is -1.87. The standard InChI is InChI=1S/C10H21Br2OPS/c1-2-3-4-5-6-7-8-9-10-13-14(11,12)15/h2-10H2,1H3. The van der Waals surface area contributed by atoms with Crippen molar-refractivity contribution in [2.24, 2.45) is 0 Å². The van der Waals surface area contributed by atoms with Gasteiger partial charge in [-0.05, 0) is 49.2 Å². The SMILES string of the molecule is CCCCCCCCCCOP(=S)(Br)Br. The largest absolute Gasteiger partial charge is 0.333 e. The average molecular weight is 380 g/mol. The van der Waals surface area contributed by atoms with Crippen molar-refractivity contribution in [1.82, 2.24) is 0 Å². The molecular formula is C10H21Br2OPS. The second-order valence-corrected chi connectivity index (χ2v) is 18.0. The summed E-state index contributed by atoms with van der Waals surface area (Å²) in [5.74, 6) is 0. The topological polar surface area (TPSA) is 9.23 Å². The van der Waals surface area contributed by atoms with E-state index in [1.807, 2.05) is 0 Å². The van der Waals surface area contributed by atoms with Crippen LogP contribution in [0, 0.1) is 0 Å². The molecule has 0 aliphatic heterocycles. The molecule has 0 aliphatic carbocycles. The summed E-state index contributed by atoms with van der Waals surface area (Å²) in [5.41, 5.74) is 0. The number of unbranched alkanes of at least 4 members (excludes halogenated alkanes) is 7. The molecule has 1 nitrogen and oxygen atoms in total. The van der Waals surface area contributed by atoms with Crippen LogP contribution in [0.1, 0.15) is 58.3 Å². The molecule has 92 valence electrons. The van der Waals surface area contributed by atoms with Crippen LogP contribution in [0.2, 0.25) is 0 Å². The minimum absolute atomic E-state index is 0.780. The predicted octanol–water partition coefficient (Wildman–Crippen LogP) is 6.16. The summed E-state index contributed by atoms with van der Waals surface area (Å²) < 4.78 is 3.66. The number of hydrogen-bond acceptors (Lipinski definition) is 2. The third-order valence-electron chi connectivity index (χ3n) is 2.24. The van der Waals surface area contributed by atoms with Crippen molar-refractivity contribution < 1.29 is 4.52 Å². The van der Waals surface area contributed by atoms with Crippen molar-refractivity contribution in [3.8, 4) is 0 Å². The number of rotatable bonds is 10. The van der Waals surface area contributed by atoms with Gasteiger partial charge in [-0.25, -0.2) is 0 Å². The van der Waals surface area contributed by atoms with Crippen molar-refractivity contribution in [3.63, 3.8) is 0 Å². The van der Waals surface area contributed by atoms with Gasteiger partial charge in [0, 0.05) is 0 Å². The molecule has 5 heteroatoms. The van der Waals surface area contributed by atoms with Crippen molar-refractivity contribution in [1.29, 1.82) is 0 Å². The maximum atomic E-state index is 5.43. The van der Waals surface area contributed by atoms with Crippen LogP contribution in [0.4, 0.5) is 0 Å². The fraction of sp³-hybridized carbons (Fsp3) is 1.00. The van der Waals surface area contributed by atoms with Crippen LogP contribution >= 0.6 is 34.6 Å². The minimum Gasteiger partial charge on any atom is -0.333 e. The molecule has 0 aliphatic rings. The van der Waals surface area contributed by atoms with Gasteiger partial charge in [-0.1, -0.05) is 51.9 Å². The quantitative estimate of drug-likeness (QED) is 0.332. The van der Waals surface area contributed by atoms with Gasteiger partial charge in [0.05, 0.1) is 6.61 Å². The van der Waals surface area contributed by atoms with Gasteiger partial charge in [-0.3, -0.25) is 0 Å². The predicted molar refractivity (Wildman–Crippen MR) is 80.7 cm³/mol. The molecule has 0 N–H and O–H groups in total. The van der Waals surface area contributed by atoms with Crippen molar-refractivity contribution in [2.75, 3.05) is 6.61 Å². The second-order valence-electron chi connectivity index (χ2n) is 3.72. The highest BCUT2D eigenvalue weighted by Gasteiger charge is 2.05. The molecule has 0 amide bonds. The zero-order valence-electron chi connectivity index (χ0n) is 9.38. The zero-order chi connectivity index (χ0) is 11.6. The van der Waals surface area contributed by atoms with Gasteiger partial charge >= 0.3 is 0 Å². The molecule has 0 bridgehead atoms. The van der Waals surface area contributed by atoms with E-state index in [2.05, 4.69) is 37.9 Å². The third-order valence-corrected chi connectivity index (χ3v) is 4.27. The Balaban J connectivity index is 3.02. The first-order valence-corrected chi connectivity index (χ1v) is 12.5. The lowest BCUT2D eigenvalue weighted by Gasteiger charge is -2.07. The fourth-order valence-corrected chi connectivity index (χ4v) is 2.84. The molecule has 0 spiro atoms. The lowest BCUT2D eigenvalue weighted by atomic mass is 10.1. The van der Waals surface area contributed by atoms with Gasteiger partial charge in [0.2, 0.25) is 0 Å². The Morgan fingerprint density at radius 2 is 1.40 bits per heavy atom. The molecule has 0 saturated heterocycles. The van der Waals surface area contributed by atoms with Crippen molar-refractivity contribution in [3.05, 3.63) is 0 Å². The molecular weight excluding hydrogens is 359 g/mol. The molecule has 0 heterocycles. The lowest BCUT2D eigenvalue weighted by molar-refractivity contribution is 0.348. The maximum Gasteiger partial charge on any atom is 0.192 e. The molecule has 0 radical (unpaired) electrons. The fourth-order valence-electron chi connectivity index (χ4n) is 1.41. The Kier molecular flexibility index (Phi) is 11.8. The molecule has 0 aromatic heterocycles. The molecule has 0 saturated carbocycles. The van der Waals surface area contributed by atoms with E-state index in [0.29, 0.717) is 0 Å². The Bertz CT molecular complexity index is 184. The van der Waals surface area contributed by atoms with Crippen molar-refractivity contribution >= 4 is 46.5 Å². The molecule has 0 atom stereocenters. The summed E-state index contributed by atoms with van der Waals surface area (Å²) in [6.45, 7) is 3.03. The van der Waals surface area contributed by atoms with E-state index in [1.54, 1.807) is 0 Å². The molecule has 0 fully saturated rings. The van der Waals surface area contributed by atoms with Gasteiger partial charge in [0.25, 0.3) is 0 Å². The third kappa shape index (κ3) is 15.6. The van der Waals surface area contributed by atoms with Gasteiger partial charge in [0.1, 0.15) is 0 Å². The normalized spacial score (nSPS) is 11.9. The monoisotopic (exact) mass is 378 g/mol. The van der Waals surface area contributed by atoms with Crippen LogP contribution in [0.15, 0.2) is 0 Å². The van der Waals surface area contributed by atoms with E-state index in [4.69, 9.17) is 16.3 Å². The van der Waals surface area contributed by atoms with Gasteiger partial charge < -0.3 is 4.52 Å². The highest BCUT2D eigenvalue weighted by Crippen LogP contribution is 2.62. The van der Waals surface area contributed by atoms with Crippen LogP contribution in [-0.2, 0) is 16.3 Å². The first kappa shape index (κ1) is 16.6. The molecule has 0 aromatic rings. The van der Waals surface area contributed by atoms with Crippen molar-refractivity contribution in [2.45, 2.75) is 58.3 Å². The summed E-state index contributed by atoms with van der Waals surface area (Å²) in [6, 6.07) is 0. The van der Waals surface area contributed by atoms with E-state index in [-0.39, 0.29) is 0 Å². The van der Waals surface area contributed by atoms with Crippen LogP contribution in [0.5, 0.6) is 0 Å². The minimum atomic E-state index is -1.78. The highest BCUT2D eigenvalue weighted by atomic mass is 79.9. The Labute approximate surface area is 115 Å². The van der Waals surface area contributed by atoms with Crippen LogP contribution < -0.4 is 0 Å². The number of halogens is 2. The van der Waals surface area contributed by atoms with E-state index in [0.717, 1.165) is 13.0 Å². The summed E-state index contributed by atoms with van der Waals surface area (Å²) >= 11 is 11.7. The summed E-state index contributed by atoms with van der Waals surface area (Å²) in [4.78, 5) is 0. The molecule has 0 rings (SSSR count). The molecule has 15 heavy (non-hydrogen) atoms. The van der Waals surface area contributed by atoms with Gasteiger partial charge in [0.15, 0.2) is 3.67 Å². The summed E-state index contributed by atoms with van der Waals surface area (Å²) in [7, 11) is 0. The Morgan fingerprint density at radius 1 is 0.933 bits per heavy atom. The Morgan fingerprint density at radius 3 is 1.87 bits per heavy atom. The first-order valence-electron chi connectivity index (χ1n) is 5.70. The number of hydrogen-bond donors (Lipinski definition) is 0. The summed E-state index contributed by atoms with van der Waals surface area (Å²) in [5, 5.41) is 0. The zero-order valence-corrected chi connectivity index (χ0v) is 14.3.